The second-order valence-corrected chi connectivity index (χ2v) is 3.52. The van der Waals surface area contributed by atoms with E-state index in [1.165, 1.54) is 16.7 Å². The topological polar surface area (TPSA) is 12.0 Å². The normalized spacial score (nSPS) is 28.5. The van der Waals surface area contributed by atoms with Gasteiger partial charge in [0.25, 0.3) is 0 Å². The molecule has 1 heterocycles. The summed E-state index contributed by atoms with van der Waals surface area (Å²) in [6.07, 6.45) is 11.9. The molecule has 1 fully saturated rings. The fourth-order valence-electron chi connectivity index (χ4n) is 1.85. The summed E-state index contributed by atoms with van der Waals surface area (Å²) in [6.45, 7) is 4.33. The first-order chi connectivity index (χ1) is 6.38. The van der Waals surface area contributed by atoms with E-state index in [1.807, 2.05) is 0 Å². The predicted molar refractivity (Wildman–Crippen MR) is 56.5 cm³/mol. The van der Waals surface area contributed by atoms with Crippen molar-refractivity contribution in [2.24, 2.45) is 0 Å². The number of hydrogen-bond donors (Lipinski definition) is 1. The Labute approximate surface area is 79.5 Å². The number of fused-ring (bicyclic) bond motifs is 1. The number of allylic oxidation sites excluding steroid dienone is 6. The van der Waals surface area contributed by atoms with Crippen LogP contribution in [0.1, 0.15) is 13.3 Å². The molecule has 13 heavy (non-hydrogen) atoms. The van der Waals surface area contributed by atoms with Gasteiger partial charge in [0.15, 0.2) is 0 Å². The first-order valence-corrected chi connectivity index (χ1v) is 4.82. The lowest BCUT2D eigenvalue weighted by Gasteiger charge is -2.21. The van der Waals surface area contributed by atoms with Crippen molar-refractivity contribution in [2.45, 2.75) is 13.3 Å². The molecule has 1 aliphatic heterocycles. The Kier molecular flexibility index (Phi) is 2.46. The Balaban J connectivity index is 2.39. The average Bonchev–Trinajstić information content (AvgIpc) is 2.14. The SMILES string of the molecule is CC1=C2CCNC/C2=C/C=C\C=C1. The highest BCUT2D eigenvalue weighted by Gasteiger charge is 2.12. The molecule has 2 aliphatic rings. The summed E-state index contributed by atoms with van der Waals surface area (Å²) in [4.78, 5) is 0. The Hall–Kier alpha value is -1.08. The van der Waals surface area contributed by atoms with Crippen LogP contribution in [-0.4, -0.2) is 13.1 Å². The zero-order chi connectivity index (χ0) is 9.10. The molecule has 68 valence electrons. The first kappa shape index (κ1) is 8.52. The molecule has 2 rings (SSSR count). The fourth-order valence-corrected chi connectivity index (χ4v) is 1.85. The van der Waals surface area contributed by atoms with E-state index in [0.717, 1.165) is 19.5 Å². The quantitative estimate of drug-likeness (QED) is 0.593. The second kappa shape index (κ2) is 3.75. The molecule has 0 unspecified atom stereocenters. The van der Waals surface area contributed by atoms with Crippen molar-refractivity contribution < 1.29 is 0 Å². The second-order valence-electron chi connectivity index (χ2n) is 3.52. The van der Waals surface area contributed by atoms with Gasteiger partial charge < -0.3 is 5.32 Å². The van der Waals surface area contributed by atoms with Crippen molar-refractivity contribution in [3.8, 4) is 0 Å². The van der Waals surface area contributed by atoms with E-state index in [1.54, 1.807) is 0 Å². The smallest absolute Gasteiger partial charge is 0.0208 e. The summed E-state index contributed by atoms with van der Waals surface area (Å²) in [5.74, 6) is 0. The van der Waals surface area contributed by atoms with Gasteiger partial charge in [-0.1, -0.05) is 30.4 Å². The molecule has 1 saturated heterocycles. The Morgan fingerprint density at radius 1 is 1.23 bits per heavy atom. The van der Waals surface area contributed by atoms with Gasteiger partial charge in [-0.25, -0.2) is 0 Å². The molecule has 0 aromatic carbocycles. The van der Waals surface area contributed by atoms with Crippen LogP contribution in [0.5, 0.6) is 0 Å². The highest BCUT2D eigenvalue weighted by Crippen LogP contribution is 2.23. The molecule has 1 nitrogen and oxygen atoms in total. The minimum absolute atomic E-state index is 1.02. The number of hydrogen-bond acceptors (Lipinski definition) is 1. The third-order valence-electron chi connectivity index (χ3n) is 2.60. The van der Waals surface area contributed by atoms with Crippen molar-refractivity contribution in [1.82, 2.24) is 5.32 Å². The van der Waals surface area contributed by atoms with Crippen molar-refractivity contribution in [3.63, 3.8) is 0 Å². The fraction of sp³-hybridized carbons (Fsp3) is 0.333. The van der Waals surface area contributed by atoms with Crippen molar-refractivity contribution in [3.05, 3.63) is 47.1 Å². The van der Waals surface area contributed by atoms with Crippen LogP contribution in [0.15, 0.2) is 47.1 Å². The van der Waals surface area contributed by atoms with E-state index in [2.05, 4.69) is 42.6 Å². The van der Waals surface area contributed by atoms with Gasteiger partial charge in [-0.2, -0.15) is 0 Å². The van der Waals surface area contributed by atoms with Gasteiger partial charge in [0.1, 0.15) is 0 Å². The Morgan fingerprint density at radius 3 is 3.08 bits per heavy atom. The highest BCUT2D eigenvalue weighted by atomic mass is 14.9. The van der Waals surface area contributed by atoms with Crippen LogP contribution in [0.4, 0.5) is 0 Å². The number of rotatable bonds is 0. The molecular weight excluding hydrogens is 158 g/mol. The molecule has 0 aromatic rings. The van der Waals surface area contributed by atoms with Crippen LogP contribution < -0.4 is 5.32 Å². The molecule has 0 radical (unpaired) electrons. The first-order valence-electron chi connectivity index (χ1n) is 4.82. The maximum atomic E-state index is 3.39. The molecule has 0 atom stereocenters. The van der Waals surface area contributed by atoms with Gasteiger partial charge in [-0.05, 0) is 36.6 Å². The van der Waals surface area contributed by atoms with E-state index < -0.39 is 0 Å². The molecule has 0 saturated carbocycles. The summed E-state index contributed by atoms with van der Waals surface area (Å²) in [5, 5.41) is 3.39. The minimum atomic E-state index is 1.02. The van der Waals surface area contributed by atoms with Crippen molar-refractivity contribution >= 4 is 0 Å². The molecular formula is C12H15N. The van der Waals surface area contributed by atoms with Gasteiger partial charge in [0.05, 0.1) is 0 Å². The monoisotopic (exact) mass is 173 g/mol. The number of piperidine rings is 1. The van der Waals surface area contributed by atoms with Crippen LogP contribution in [0, 0.1) is 0 Å². The van der Waals surface area contributed by atoms with Gasteiger partial charge >= 0.3 is 0 Å². The molecule has 0 spiro atoms. The van der Waals surface area contributed by atoms with E-state index >= 15 is 0 Å². The van der Waals surface area contributed by atoms with Crippen LogP contribution in [0.3, 0.4) is 0 Å². The molecule has 1 heteroatoms. The lowest BCUT2D eigenvalue weighted by atomic mass is 9.93. The lowest BCUT2D eigenvalue weighted by molar-refractivity contribution is 0.679. The molecule has 0 bridgehead atoms. The molecule has 1 aliphatic carbocycles. The maximum Gasteiger partial charge on any atom is 0.0208 e. The van der Waals surface area contributed by atoms with E-state index in [4.69, 9.17) is 0 Å². The van der Waals surface area contributed by atoms with Crippen molar-refractivity contribution in [1.29, 1.82) is 0 Å². The van der Waals surface area contributed by atoms with Crippen LogP contribution >= 0.6 is 0 Å². The third kappa shape index (κ3) is 1.81. The highest BCUT2D eigenvalue weighted by molar-refractivity contribution is 5.45. The molecule has 0 amide bonds. The summed E-state index contributed by atoms with van der Waals surface area (Å²) in [5.41, 5.74) is 4.39. The van der Waals surface area contributed by atoms with Crippen molar-refractivity contribution in [2.75, 3.05) is 13.1 Å². The standard InChI is InChI=1S/C12H15N/c1-10-5-3-2-4-6-11-9-13-8-7-12(10)11/h2-6,13H,7-9H2,1H3/b3-2?,4-2-,5-3?,6-4?,10-5?,11-6-,12-10?. The van der Waals surface area contributed by atoms with E-state index in [-0.39, 0.29) is 0 Å². The molecule has 1 N–H and O–H groups in total. The van der Waals surface area contributed by atoms with Gasteiger partial charge in [-0.15, -0.1) is 0 Å². The zero-order valence-corrected chi connectivity index (χ0v) is 8.01. The summed E-state index contributed by atoms with van der Waals surface area (Å²) < 4.78 is 0. The predicted octanol–water partition coefficient (Wildman–Crippen LogP) is 2.35. The van der Waals surface area contributed by atoms with E-state index in [9.17, 15) is 0 Å². The minimum Gasteiger partial charge on any atom is -0.312 e. The summed E-state index contributed by atoms with van der Waals surface area (Å²) in [6, 6.07) is 0. The summed E-state index contributed by atoms with van der Waals surface area (Å²) in [7, 11) is 0. The Morgan fingerprint density at radius 2 is 2.15 bits per heavy atom. The largest absolute Gasteiger partial charge is 0.312 e. The van der Waals surface area contributed by atoms with Crippen LogP contribution in [-0.2, 0) is 0 Å². The summed E-state index contributed by atoms with van der Waals surface area (Å²) >= 11 is 0. The number of nitrogens with one attached hydrogen (secondary N) is 1. The maximum absolute atomic E-state index is 3.39. The van der Waals surface area contributed by atoms with Gasteiger partial charge in [-0.3, -0.25) is 0 Å². The van der Waals surface area contributed by atoms with Gasteiger partial charge in [0, 0.05) is 6.54 Å². The molecule has 0 aromatic heterocycles. The van der Waals surface area contributed by atoms with Gasteiger partial charge in [0.2, 0.25) is 0 Å². The van der Waals surface area contributed by atoms with Crippen LogP contribution in [0.2, 0.25) is 0 Å². The van der Waals surface area contributed by atoms with Crippen LogP contribution in [0.25, 0.3) is 0 Å². The Bertz CT molecular complexity index is 316. The average molecular weight is 173 g/mol. The third-order valence-corrected chi connectivity index (χ3v) is 2.60. The lowest BCUT2D eigenvalue weighted by Crippen LogP contribution is -2.26. The zero-order valence-electron chi connectivity index (χ0n) is 8.01. The van der Waals surface area contributed by atoms with E-state index in [0.29, 0.717) is 0 Å².